The van der Waals surface area contributed by atoms with Crippen LogP contribution in [-0.2, 0) is 6.42 Å². The molecule has 2 fully saturated rings. The Bertz CT molecular complexity index is 575. The molecule has 26 heavy (non-hydrogen) atoms. The first-order valence-electron chi connectivity index (χ1n) is 9.89. The number of benzene rings is 1. The van der Waals surface area contributed by atoms with Gasteiger partial charge in [0.15, 0.2) is 5.96 Å². The van der Waals surface area contributed by atoms with E-state index < -0.39 is 0 Å². The fraction of sp³-hybridized carbons (Fsp3) is 0.667. The van der Waals surface area contributed by atoms with E-state index in [-0.39, 0.29) is 24.0 Å². The van der Waals surface area contributed by atoms with E-state index in [1.165, 1.54) is 55.6 Å². The summed E-state index contributed by atoms with van der Waals surface area (Å²) in [6.45, 7) is 11.5. The minimum absolute atomic E-state index is 0. The Kier molecular flexibility index (Phi) is 8.67. The molecule has 1 aromatic carbocycles. The Morgan fingerprint density at radius 3 is 2.46 bits per heavy atom. The van der Waals surface area contributed by atoms with Gasteiger partial charge in [-0.2, -0.15) is 0 Å². The van der Waals surface area contributed by atoms with Crippen molar-refractivity contribution in [2.24, 2.45) is 10.9 Å². The van der Waals surface area contributed by atoms with E-state index >= 15 is 0 Å². The van der Waals surface area contributed by atoms with Crippen LogP contribution in [0.25, 0.3) is 0 Å². The van der Waals surface area contributed by atoms with E-state index in [9.17, 15) is 0 Å². The molecule has 2 heterocycles. The maximum Gasteiger partial charge on any atom is 0.193 e. The van der Waals surface area contributed by atoms with Crippen LogP contribution in [0.2, 0.25) is 0 Å². The summed E-state index contributed by atoms with van der Waals surface area (Å²) in [7, 11) is 1.91. The van der Waals surface area contributed by atoms with Gasteiger partial charge in [-0.3, -0.25) is 4.99 Å². The number of halogens is 1. The number of hydrogen-bond acceptors (Lipinski definition) is 2. The van der Waals surface area contributed by atoms with Crippen molar-refractivity contribution in [3.05, 3.63) is 34.9 Å². The van der Waals surface area contributed by atoms with Crippen LogP contribution < -0.4 is 5.32 Å². The molecule has 0 saturated carbocycles. The molecule has 2 saturated heterocycles. The number of hydrogen-bond donors (Lipinski definition) is 1. The van der Waals surface area contributed by atoms with Gasteiger partial charge in [0.25, 0.3) is 0 Å². The third kappa shape index (κ3) is 6.12. The number of nitrogens with one attached hydrogen (secondary N) is 1. The second-order valence-corrected chi connectivity index (χ2v) is 7.83. The highest BCUT2D eigenvalue weighted by Gasteiger charge is 2.27. The van der Waals surface area contributed by atoms with Gasteiger partial charge in [0, 0.05) is 33.2 Å². The van der Waals surface area contributed by atoms with E-state index in [1.54, 1.807) is 0 Å². The molecular weight excluding hydrogens is 435 g/mol. The van der Waals surface area contributed by atoms with Crippen molar-refractivity contribution in [3.8, 4) is 0 Å². The molecule has 0 radical (unpaired) electrons. The van der Waals surface area contributed by atoms with Gasteiger partial charge in [-0.1, -0.05) is 29.3 Å². The summed E-state index contributed by atoms with van der Waals surface area (Å²) < 4.78 is 0. The van der Waals surface area contributed by atoms with Crippen molar-refractivity contribution in [1.82, 2.24) is 15.1 Å². The highest BCUT2D eigenvalue weighted by atomic mass is 127. The molecular formula is C21H35IN4. The predicted molar refractivity (Wildman–Crippen MR) is 122 cm³/mol. The number of aliphatic imine (C=N–C) groups is 1. The van der Waals surface area contributed by atoms with Crippen molar-refractivity contribution in [2.45, 2.75) is 39.5 Å². The van der Waals surface area contributed by atoms with Gasteiger partial charge in [-0.25, -0.2) is 0 Å². The van der Waals surface area contributed by atoms with Crippen LogP contribution in [0.4, 0.5) is 0 Å². The lowest BCUT2D eigenvalue weighted by Gasteiger charge is -2.23. The molecule has 0 bridgehead atoms. The summed E-state index contributed by atoms with van der Waals surface area (Å²) in [5.74, 6) is 1.88. The average molecular weight is 470 g/mol. The lowest BCUT2D eigenvalue weighted by molar-refractivity contribution is 0.281. The van der Waals surface area contributed by atoms with Crippen molar-refractivity contribution in [3.63, 3.8) is 0 Å². The maximum atomic E-state index is 4.52. The SMILES string of the molecule is CN=C(NCCc1cc(C)cc(C)c1)N1CCC(CN2CCCC2)C1.I. The normalized spacial score (nSPS) is 21.1. The van der Waals surface area contributed by atoms with E-state index in [1.807, 2.05) is 7.05 Å². The van der Waals surface area contributed by atoms with E-state index in [4.69, 9.17) is 0 Å². The van der Waals surface area contributed by atoms with Gasteiger partial charge >= 0.3 is 0 Å². The van der Waals surface area contributed by atoms with Crippen LogP contribution in [0.5, 0.6) is 0 Å². The number of aryl methyl sites for hydroxylation is 2. The fourth-order valence-electron chi connectivity index (χ4n) is 4.37. The minimum Gasteiger partial charge on any atom is -0.356 e. The molecule has 0 amide bonds. The smallest absolute Gasteiger partial charge is 0.193 e. The number of rotatable bonds is 5. The summed E-state index contributed by atoms with van der Waals surface area (Å²) in [6, 6.07) is 6.82. The summed E-state index contributed by atoms with van der Waals surface area (Å²) >= 11 is 0. The van der Waals surface area contributed by atoms with E-state index in [0.717, 1.165) is 37.9 Å². The third-order valence-corrected chi connectivity index (χ3v) is 5.49. The average Bonchev–Trinajstić information content (AvgIpc) is 3.23. The molecule has 0 aromatic heterocycles. The summed E-state index contributed by atoms with van der Waals surface area (Å²) in [5, 5.41) is 3.58. The van der Waals surface area contributed by atoms with E-state index in [2.05, 4.69) is 52.2 Å². The molecule has 1 aromatic rings. The first-order valence-corrected chi connectivity index (χ1v) is 9.89. The van der Waals surface area contributed by atoms with Gasteiger partial charge < -0.3 is 15.1 Å². The first kappa shape index (κ1) is 21.5. The Labute approximate surface area is 176 Å². The Morgan fingerprint density at radius 1 is 1.12 bits per heavy atom. The summed E-state index contributed by atoms with van der Waals surface area (Å²) in [5.41, 5.74) is 4.11. The standard InChI is InChI=1S/C21H34N4.HI/c1-17-12-18(2)14-19(13-17)6-8-23-21(22-3)25-11-7-20(16-25)15-24-9-4-5-10-24;/h12-14,20H,4-11,15-16H2,1-3H3,(H,22,23);1H. The third-order valence-electron chi connectivity index (χ3n) is 5.49. The van der Waals surface area contributed by atoms with Crippen molar-refractivity contribution in [2.75, 3.05) is 46.3 Å². The quantitative estimate of drug-likeness (QED) is 0.406. The van der Waals surface area contributed by atoms with Crippen LogP contribution in [0.15, 0.2) is 23.2 Å². The van der Waals surface area contributed by atoms with Crippen LogP contribution in [0, 0.1) is 19.8 Å². The van der Waals surface area contributed by atoms with Crippen LogP contribution in [-0.4, -0.2) is 62.1 Å². The van der Waals surface area contributed by atoms with Gasteiger partial charge in [0.05, 0.1) is 0 Å². The highest BCUT2D eigenvalue weighted by Crippen LogP contribution is 2.20. The molecule has 146 valence electrons. The molecule has 1 atom stereocenters. The highest BCUT2D eigenvalue weighted by molar-refractivity contribution is 14.0. The van der Waals surface area contributed by atoms with Crippen LogP contribution in [0.1, 0.15) is 36.0 Å². The molecule has 3 rings (SSSR count). The lowest BCUT2D eigenvalue weighted by Crippen LogP contribution is -2.41. The zero-order valence-corrected chi connectivity index (χ0v) is 19.0. The fourth-order valence-corrected chi connectivity index (χ4v) is 4.37. The molecule has 0 spiro atoms. The largest absolute Gasteiger partial charge is 0.356 e. The minimum atomic E-state index is 0. The molecule has 0 aliphatic carbocycles. The predicted octanol–water partition coefficient (Wildman–Crippen LogP) is 3.46. The zero-order chi connectivity index (χ0) is 17.6. The molecule has 2 aliphatic rings. The molecule has 4 nitrogen and oxygen atoms in total. The van der Waals surface area contributed by atoms with Gasteiger partial charge in [-0.15, -0.1) is 24.0 Å². The van der Waals surface area contributed by atoms with Crippen molar-refractivity contribution < 1.29 is 0 Å². The van der Waals surface area contributed by atoms with E-state index in [0.29, 0.717) is 0 Å². The van der Waals surface area contributed by atoms with Gasteiger partial charge in [0.2, 0.25) is 0 Å². The molecule has 1 N–H and O–H groups in total. The summed E-state index contributed by atoms with van der Waals surface area (Å²) in [4.78, 5) is 9.61. The number of guanidine groups is 1. The number of nitrogens with zero attached hydrogens (tertiary/aromatic N) is 3. The van der Waals surface area contributed by atoms with Crippen molar-refractivity contribution >= 4 is 29.9 Å². The lowest BCUT2D eigenvalue weighted by atomic mass is 10.1. The van der Waals surface area contributed by atoms with Crippen LogP contribution in [0.3, 0.4) is 0 Å². The second-order valence-electron chi connectivity index (χ2n) is 7.83. The summed E-state index contributed by atoms with van der Waals surface area (Å²) in [6.07, 6.45) is 5.12. The zero-order valence-electron chi connectivity index (χ0n) is 16.6. The molecule has 1 unspecified atom stereocenters. The Hall–Kier alpha value is -0.820. The van der Waals surface area contributed by atoms with Crippen molar-refractivity contribution in [1.29, 1.82) is 0 Å². The monoisotopic (exact) mass is 470 g/mol. The van der Waals surface area contributed by atoms with Gasteiger partial charge in [0.1, 0.15) is 0 Å². The number of likely N-dealkylation sites (tertiary alicyclic amines) is 2. The van der Waals surface area contributed by atoms with Crippen LogP contribution >= 0.6 is 24.0 Å². The second kappa shape index (κ2) is 10.5. The van der Waals surface area contributed by atoms with Gasteiger partial charge in [-0.05, 0) is 64.1 Å². The maximum absolute atomic E-state index is 4.52. The molecule has 5 heteroatoms. The first-order chi connectivity index (χ1) is 12.1. The Balaban J connectivity index is 0.00000243. The topological polar surface area (TPSA) is 30.9 Å². The molecule has 2 aliphatic heterocycles. The Morgan fingerprint density at radius 2 is 1.81 bits per heavy atom.